The van der Waals surface area contributed by atoms with Gasteiger partial charge in [0.05, 0.1) is 5.69 Å². The third-order valence-corrected chi connectivity index (χ3v) is 4.09. The Morgan fingerprint density at radius 3 is 2.76 bits per heavy atom. The van der Waals surface area contributed by atoms with Crippen LogP contribution < -0.4 is 5.32 Å². The second kappa shape index (κ2) is 5.01. The maximum Gasteiger partial charge on any atom is 0.0968 e. The van der Waals surface area contributed by atoms with Crippen molar-refractivity contribution in [1.82, 2.24) is 15.1 Å². The van der Waals surface area contributed by atoms with Crippen molar-refractivity contribution in [1.29, 1.82) is 0 Å². The number of hydrogen-bond acceptors (Lipinski definition) is 2. The van der Waals surface area contributed by atoms with Crippen LogP contribution in [0.3, 0.4) is 0 Å². The molecule has 4 rings (SSSR count). The van der Waals surface area contributed by atoms with E-state index in [2.05, 4.69) is 59.1 Å². The van der Waals surface area contributed by atoms with Crippen molar-refractivity contribution in [3.8, 4) is 11.3 Å². The SMILES string of the molecule is Cn1cc(CNC2CC2)c(-c2ccc3ccccc3c2)n1. The summed E-state index contributed by atoms with van der Waals surface area (Å²) in [7, 11) is 1.99. The van der Waals surface area contributed by atoms with Crippen LogP contribution in [0.1, 0.15) is 18.4 Å². The van der Waals surface area contributed by atoms with Gasteiger partial charge in [0.15, 0.2) is 0 Å². The lowest BCUT2D eigenvalue weighted by molar-refractivity contribution is 0.687. The molecule has 1 N–H and O–H groups in total. The highest BCUT2D eigenvalue weighted by Crippen LogP contribution is 2.27. The van der Waals surface area contributed by atoms with Crippen molar-refractivity contribution < 1.29 is 0 Å². The number of rotatable bonds is 4. The fourth-order valence-electron chi connectivity index (χ4n) is 2.79. The quantitative estimate of drug-likeness (QED) is 0.791. The van der Waals surface area contributed by atoms with E-state index in [0.29, 0.717) is 0 Å². The van der Waals surface area contributed by atoms with Gasteiger partial charge in [-0.05, 0) is 29.7 Å². The molecule has 0 aliphatic heterocycles. The van der Waals surface area contributed by atoms with Crippen molar-refractivity contribution >= 4 is 10.8 Å². The lowest BCUT2D eigenvalue weighted by Gasteiger charge is -2.05. The van der Waals surface area contributed by atoms with Crippen LogP contribution in [0.25, 0.3) is 22.0 Å². The van der Waals surface area contributed by atoms with E-state index in [4.69, 9.17) is 0 Å². The highest BCUT2D eigenvalue weighted by molar-refractivity contribution is 5.87. The lowest BCUT2D eigenvalue weighted by atomic mass is 10.0. The standard InChI is InChI=1S/C18H19N3/c1-21-12-16(11-19-17-8-9-17)18(20-21)15-7-6-13-4-2-3-5-14(13)10-15/h2-7,10,12,17,19H,8-9,11H2,1H3. The number of nitrogens with one attached hydrogen (secondary N) is 1. The average Bonchev–Trinajstić information content (AvgIpc) is 3.26. The van der Waals surface area contributed by atoms with E-state index in [-0.39, 0.29) is 0 Å². The molecule has 2 aromatic carbocycles. The molecule has 0 radical (unpaired) electrons. The third kappa shape index (κ3) is 2.57. The van der Waals surface area contributed by atoms with Gasteiger partial charge in [-0.1, -0.05) is 36.4 Å². The van der Waals surface area contributed by atoms with Crippen LogP contribution in [0.2, 0.25) is 0 Å². The Morgan fingerprint density at radius 1 is 1.14 bits per heavy atom. The van der Waals surface area contributed by atoms with Gasteiger partial charge in [-0.15, -0.1) is 0 Å². The fraction of sp³-hybridized carbons (Fsp3) is 0.278. The van der Waals surface area contributed by atoms with E-state index in [1.165, 1.54) is 34.7 Å². The van der Waals surface area contributed by atoms with E-state index >= 15 is 0 Å². The average molecular weight is 277 g/mol. The van der Waals surface area contributed by atoms with Gasteiger partial charge in [-0.3, -0.25) is 4.68 Å². The number of nitrogens with zero attached hydrogens (tertiary/aromatic N) is 2. The number of fused-ring (bicyclic) bond motifs is 1. The first-order valence-electron chi connectivity index (χ1n) is 7.55. The van der Waals surface area contributed by atoms with Crippen LogP contribution in [-0.4, -0.2) is 15.8 Å². The molecular weight excluding hydrogens is 258 g/mol. The first-order valence-corrected chi connectivity index (χ1v) is 7.55. The summed E-state index contributed by atoms with van der Waals surface area (Å²) in [6.45, 7) is 0.903. The van der Waals surface area contributed by atoms with Crippen LogP contribution in [0, 0.1) is 0 Å². The van der Waals surface area contributed by atoms with Gasteiger partial charge in [-0.2, -0.15) is 5.10 Å². The van der Waals surface area contributed by atoms with Crippen LogP contribution in [0.15, 0.2) is 48.7 Å². The molecule has 1 aliphatic carbocycles. The summed E-state index contributed by atoms with van der Waals surface area (Å²) in [6.07, 6.45) is 4.75. The molecule has 0 unspecified atom stereocenters. The molecule has 1 saturated carbocycles. The summed E-state index contributed by atoms with van der Waals surface area (Å²) in [5.41, 5.74) is 3.57. The van der Waals surface area contributed by atoms with Crippen LogP contribution >= 0.6 is 0 Å². The first kappa shape index (κ1) is 12.6. The lowest BCUT2D eigenvalue weighted by Crippen LogP contribution is -2.15. The minimum Gasteiger partial charge on any atom is -0.310 e. The van der Waals surface area contributed by atoms with Gasteiger partial charge in [0.2, 0.25) is 0 Å². The monoisotopic (exact) mass is 277 g/mol. The Balaban J connectivity index is 1.72. The van der Waals surface area contributed by atoms with E-state index in [1.807, 2.05) is 11.7 Å². The fourth-order valence-corrected chi connectivity index (χ4v) is 2.79. The van der Waals surface area contributed by atoms with Gasteiger partial charge < -0.3 is 5.32 Å². The normalized spacial score (nSPS) is 14.7. The summed E-state index contributed by atoms with van der Waals surface area (Å²) in [4.78, 5) is 0. The minimum absolute atomic E-state index is 0.717. The Morgan fingerprint density at radius 2 is 1.95 bits per heavy atom. The molecule has 0 saturated heterocycles. The molecule has 1 fully saturated rings. The molecule has 0 atom stereocenters. The Hall–Kier alpha value is -2.13. The van der Waals surface area contributed by atoms with Crippen molar-refractivity contribution in [3.63, 3.8) is 0 Å². The van der Waals surface area contributed by atoms with Gasteiger partial charge in [0.1, 0.15) is 0 Å². The highest BCUT2D eigenvalue weighted by Gasteiger charge is 2.21. The third-order valence-electron chi connectivity index (χ3n) is 4.09. The van der Waals surface area contributed by atoms with Crippen molar-refractivity contribution in [3.05, 3.63) is 54.2 Å². The Bertz CT molecular complexity index is 784. The number of hydrogen-bond donors (Lipinski definition) is 1. The van der Waals surface area contributed by atoms with E-state index in [0.717, 1.165) is 18.3 Å². The Labute approximate surface area is 124 Å². The zero-order chi connectivity index (χ0) is 14.2. The molecule has 1 aromatic heterocycles. The summed E-state index contributed by atoms with van der Waals surface area (Å²) in [6, 6.07) is 15.8. The largest absolute Gasteiger partial charge is 0.310 e. The second-order valence-corrected chi connectivity index (χ2v) is 5.89. The maximum absolute atomic E-state index is 4.66. The predicted octanol–water partition coefficient (Wildman–Crippen LogP) is 3.49. The van der Waals surface area contributed by atoms with E-state index in [9.17, 15) is 0 Å². The summed E-state index contributed by atoms with van der Waals surface area (Å²) in [5.74, 6) is 0. The van der Waals surface area contributed by atoms with Gasteiger partial charge in [0, 0.05) is 37.0 Å². The second-order valence-electron chi connectivity index (χ2n) is 5.89. The van der Waals surface area contributed by atoms with Crippen LogP contribution in [0.4, 0.5) is 0 Å². The highest BCUT2D eigenvalue weighted by atomic mass is 15.3. The molecule has 3 nitrogen and oxygen atoms in total. The molecule has 0 bridgehead atoms. The molecule has 106 valence electrons. The summed E-state index contributed by atoms with van der Waals surface area (Å²) < 4.78 is 1.91. The van der Waals surface area contributed by atoms with E-state index < -0.39 is 0 Å². The van der Waals surface area contributed by atoms with Gasteiger partial charge in [-0.25, -0.2) is 0 Å². The maximum atomic E-state index is 4.66. The smallest absolute Gasteiger partial charge is 0.0968 e. The van der Waals surface area contributed by atoms with Crippen molar-refractivity contribution in [2.24, 2.45) is 7.05 Å². The van der Waals surface area contributed by atoms with Crippen molar-refractivity contribution in [2.75, 3.05) is 0 Å². The molecule has 1 aliphatic rings. The molecule has 1 heterocycles. The topological polar surface area (TPSA) is 29.9 Å². The molecule has 3 aromatic rings. The van der Waals surface area contributed by atoms with Crippen LogP contribution in [0.5, 0.6) is 0 Å². The molecular formula is C18H19N3. The Kier molecular flexibility index (Phi) is 3.00. The summed E-state index contributed by atoms with van der Waals surface area (Å²) >= 11 is 0. The minimum atomic E-state index is 0.717. The summed E-state index contributed by atoms with van der Waals surface area (Å²) in [5, 5.41) is 10.8. The predicted molar refractivity (Wildman–Crippen MR) is 86.0 cm³/mol. The molecule has 3 heteroatoms. The number of aryl methyl sites for hydroxylation is 1. The number of aromatic nitrogens is 2. The zero-order valence-corrected chi connectivity index (χ0v) is 12.2. The van der Waals surface area contributed by atoms with Gasteiger partial charge in [0.25, 0.3) is 0 Å². The molecule has 0 spiro atoms. The molecule has 0 amide bonds. The molecule has 21 heavy (non-hydrogen) atoms. The van der Waals surface area contributed by atoms with Gasteiger partial charge >= 0.3 is 0 Å². The first-order chi connectivity index (χ1) is 10.3. The van der Waals surface area contributed by atoms with E-state index in [1.54, 1.807) is 0 Å². The zero-order valence-electron chi connectivity index (χ0n) is 12.2. The van der Waals surface area contributed by atoms with Crippen molar-refractivity contribution in [2.45, 2.75) is 25.4 Å². The van der Waals surface area contributed by atoms with Crippen LogP contribution in [-0.2, 0) is 13.6 Å². The number of benzene rings is 2.